The molecule has 0 saturated carbocycles. The van der Waals surface area contributed by atoms with Crippen LogP contribution in [-0.4, -0.2) is 28.8 Å². The van der Waals surface area contributed by atoms with Crippen molar-refractivity contribution >= 4 is 5.97 Å². The molecule has 1 aromatic rings. The summed E-state index contributed by atoms with van der Waals surface area (Å²) < 4.78 is 0. The third kappa shape index (κ3) is 4.33. The van der Waals surface area contributed by atoms with Gasteiger partial charge in [-0.3, -0.25) is 4.79 Å². The molecule has 0 saturated heterocycles. The highest BCUT2D eigenvalue weighted by atomic mass is 16.4. The first-order chi connectivity index (χ1) is 8.82. The number of carboxylic acid groups (broad SMARTS) is 1. The molecule has 0 aliphatic carbocycles. The second-order valence-electron chi connectivity index (χ2n) is 5.35. The average Bonchev–Trinajstić information content (AvgIpc) is 2.27. The number of aryl methyl sites for hydroxylation is 2. The average molecular weight is 265 g/mol. The molecular formula is C15H23NO3. The van der Waals surface area contributed by atoms with E-state index in [-0.39, 0.29) is 18.5 Å². The van der Waals surface area contributed by atoms with Gasteiger partial charge in [0.05, 0.1) is 12.6 Å². The van der Waals surface area contributed by atoms with Crippen molar-refractivity contribution in [2.75, 3.05) is 6.54 Å². The highest BCUT2D eigenvalue weighted by Gasteiger charge is 2.25. The summed E-state index contributed by atoms with van der Waals surface area (Å²) in [6.45, 7) is 7.75. The number of rotatable bonds is 6. The predicted octanol–water partition coefficient (Wildman–Crippen LogP) is 2.04. The Morgan fingerprint density at radius 1 is 1.32 bits per heavy atom. The molecule has 3 N–H and O–H groups in total. The Bertz CT molecular complexity index is 443. The Labute approximate surface area is 114 Å². The Balaban J connectivity index is 2.92. The van der Waals surface area contributed by atoms with Gasteiger partial charge in [0.2, 0.25) is 0 Å². The van der Waals surface area contributed by atoms with E-state index in [4.69, 9.17) is 5.11 Å². The third-order valence-corrected chi connectivity index (χ3v) is 3.29. The summed E-state index contributed by atoms with van der Waals surface area (Å²) in [4.78, 5) is 10.7. The van der Waals surface area contributed by atoms with Gasteiger partial charge in [-0.15, -0.1) is 0 Å². The minimum atomic E-state index is -0.918. The van der Waals surface area contributed by atoms with Crippen LogP contribution in [0.25, 0.3) is 0 Å². The highest BCUT2D eigenvalue weighted by Crippen LogP contribution is 2.25. The standard InChI is InChI=1S/C15H23NO3/c1-9(2)14(16-8-13(17)18)15(19)12-6-5-10(3)7-11(12)4/h5-7,9,14-16,19H,8H2,1-4H3,(H,17,18). The largest absolute Gasteiger partial charge is 0.480 e. The van der Waals surface area contributed by atoms with E-state index in [0.717, 1.165) is 16.7 Å². The fourth-order valence-electron chi connectivity index (χ4n) is 2.27. The summed E-state index contributed by atoms with van der Waals surface area (Å²) in [5.41, 5.74) is 3.02. The monoisotopic (exact) mass is 265 g/mol. The van der Waals surface area contributed by atoms with Crippen LogP contribution >= 0.6 is 0 Å². The quantitative estimate of drug-likeness (QED) is 0.736. The molecule has 0 aliphatic heterocycles. The van der Waals surface area contributed by atoms with Crippen LogP contribution in [-0.2, 0) is 4.79 Å². The van der Waals surface area contributed by atoms with Gasteiger partial charge in [0.25, 0.3) is 0 Å². The van der Waals surface area contributed by atoms with Crippen molar-refractivity contribution in [1.82, 2.24) is 5.32 Å². The van der Waals surface area contributed by atoms with Gasteiger partial charge in [0, 0.05) is 6.04 Å². The van der Waals surface area contributed by atoms with Crippen molar-refractivity contribution in [3.05, 3.63) is 34.9 Å². The Hall–Kier alpha value is -1.39. The maximum atomic E-state index is 10.7. The van der Waals surface area contributed by atoms with Crippen LogP contribution < -0.4 is 5.32 Å². The Kier molecular flexibility index (Phi) is 5.51. The van der Waals surface area contributed by atoms with E-state index in [1.165, 1.54) is 0 Å². The van der Waals surface area contributed by atoms with Crippen molar-refractivity contribution in [3.63, 3.8) is 0 Å². The third-order valence-electron chi connectivity index (χ3n) is 3.29. The molecule has 1 aromatic carbocycles. The van der Waals surface area contributed by atoms with E-state index in [1.807, 2.05) is 45.9 Å². The molecule has 0 aromatic heterocycles. The zero-order valence-electron chi connectivity index (χ0n) is 12.0. The van der Waals surface area contributed by atoms with Gasteiger partial charge in [-0.05, 0) is 30.9 Å². The molecule has 19 heavy (non-hydrogen) atoms. The van der Waals surface area contributed by atoms with Crippen LogP contribution in [0, 0.1) is 19.8 Å². The van der Waals surface area contributed by atoms with Crippen LogP contribution in [0.4, 0.5) is 0 Å². The molecule has 0 radical (unpaired) electrons. The lowest BCUT2D eigenvalue weighted by molar-refractivity contribution is -0.136. The number of aliphatic hydroxyl groups excluding tert-OH is 1. The number of hydrogen-bond donors (Lipinski definition) is 3. The molecule has 0 amide bonds. The number of benzene rings is 1. The second-order valence-corrected chi connectivity index (χ2v) is 5.35. The fraction of sp³-hybridized carbons (Fsp3) is 0.533. The Morgan fingerprint density at radius 3 is 2.42 bits per heavy atom. The van der Waals surface area contributed by atoms with Gasteiger partial charge in [-0.1, -0.05) is 37.6 Å². The van der Waals surface area contributed by atoms with Gasteiger partial charge in [-0.2, -0.15) is 0 Å². The van der Waals surface area contributed by atoms with Gasteiger partial charge in [0.1, 0.15) is 0 Å². The molecule has 1 rings (SSSR count). The first-order valence-corrected chi connectivity index (χ1v) is 6.53. The summed E-state index contributed by atoms with van der Waals surface area (Å²) in [6, 6.07) is 5.61. The predicted molar refractivity (Wildman–Crippen MR) is 75.1 cm³/mol. The summed E-state index contributed by atoms with van der Waals surface area (Å²) in [5.74, 6) is -0.784. The first kappa shape index (κ1) is 15.7. The maximum Gasteiger partial charge on any atom is 0.317 e. The lowest BCUT2D eigenvalue weighted by atomic mass is 9.90. The van der Waals surface area contributed by atoms with Crippen molar-refractivity contribution in [2.24, 2.45) is 5.92 Å². The number of aliphatic hydroxyl groups is 1. The SMILES string of the molecule is Cc1ccc(C(O)C(NCC(=O)O)C(C)C)c(C)c1. The van der Waals surface area contributed by atoms with Gasteiger partial charge < -0.3 is 15.5 Å². The summed E-state index contributed by atoms with van der Waals surface area (Å²) in [5, 5.41) is 22.1. The summed E-state index contributed by atoms with van der Waals surface area (Å²) >= 11 is 0. The molecule has 0 spiro atoms. The highest BCUT2D eigenvalue weighted by molar-refractivity contribution is 5.69. The molecule has 2 atom stereocenters. The molecule has 0 heterocycles. The van der Waals surface area contributed by atoms with Crippen molar-refractivity contribution in [2.45, 2.75) is 39.8 Å². The zero-order valence-corrected chi connectivity index (χ0v) is 12.0. The van der Waals surface area contributed by atoms with E-state index in [9.17, 15) is 9.90 Å². The second kappa shape index (κ2) is 6.68. The topological polar surface area (TPSA) is 69.6 Å². The van der Waals surface area contributed by atoms with Gasteiger partial charge >= 0.3 is 5.97 Å². The lowest BCUT2D eigenvalue weighted by Crippen LogP contribution is -2.42. The number of hydrogen-bond acceptors (Lipinski definition) is 3. The van der Waals surface area contributed by atoms with E-state index >= 15 is 0 Å². The van der Waals surface area contributed by atoms with E-state index in [0.29, 0.717) is 0 Å². The van der Waals surface area contributed by atoms with Gasteiger partial charge in [0.15, 0.2) is 0 Å². The lowest BCUT2D eigenvalue weighted by Gasteiger charge is -2.28. The van der Waals surface area contributed by atoms with Gasteiger partial charge in [-0.25, -0.2) is 0 Å². The van der Waals surface area contributed by atoms with Crippen molar-refractivity contribution in [1.29, 1.82) is 0 Å². The number of nitrogens with one attached hydrogen (secondary N) is 1. The fourth-order valence-corrected chi connectivity index (χ4v) is 2.27. The van der Waals surface area contributed by atoms with Crippen molar-refractivity contribution < 1.29 is 15.0 Å². The Morgan fingerprint density at radius 2 is 1.95 bits per heavy atom. The van der Waals surface area contributed by atoms with Crippen LogP contribution in [0.5, 0.6) is 0 Å². The van der Waals surface area contributed by atoms with Crippen LogP contribution in [0.15, 0.2) is 18.2 Å². The van der Waals surface area contributed by atoms with Crippen LogP contribution in [0.2, 0.25) is 0 Å². The molecular weight excluding hydrogens is 242 g/mol. The number of carbonyl (C=O) groups is 1. The molecule has 2 unspecified atom stereocenters. The summed E-state index contributed by atoms with van der Waals surface area (Å²) in [7, 11) is 0. The molecule has 4 heteroatoms. The normalized spacial score (nSPS) is 14.4. The maximum absolute atomic E-state index is 10.7. The first-order valence-electron chi connectivity index (χ1n) is 6.53. The van der Waals surface area contributed by atoms with Crippen LogP contribution in [0.1, 0.15) is 36.6 Å². The van der Waals surface area contributed by atoms with E-state index in [2.05, 4.69) is 5.32 Å². The smallest absolute Gasteiger partial charge is 0.317 e. The zero-order chi connectivity index (χ0) is 14.6. The molecule has 0 bridgehead atoms. The van der Waals surface area contributed by atoms with E-state index < -0.39 is 12.1 Å². The molecule has 106 valence electrons. The molecule has 4 nitrogen and oxygen atoms in total. The molecule has 0 fully saturated rings. The minimum absolute atomic E-state index is 0.134. The summed E-state index contributed by atoms with van der Waals surface area (Å²) in [6.07, 6.45) is -0.708. The molecule has 0 aliphatic rings. The van der Waals surface area contributed by atoms with E-state index in [1.54, 1.807) is 0 Å². The number of aliphatic carboxylic acids is 1. The van der Waals surface area contributed by atoms with Crippen molar-refractivity contribution in [3.8, 4) is 0 Å². The minimum Gasteiger partial charge on any atom is -0.480 e. The number of carboxylic acids is 1. The van der Waals surface area contributed by atoms with Crippen LogP contribution in [0.3, 0.4) is 0 Å².